The van der Waals surface area contributed by atoms with Crippen molar-refractivity contribution >= 4 is 47.5 Å². The number of aromatic nitrogens is 4. The Morgan fingerprint density at radius 3 is 1.59 bits per heavy atom. The van der Waals surface area contributed by atoms with Gasteiger partial charge in [0.1, 0.15) is 46.7 Å². The van der Waals surface area contributed by atoms with E-state index in [1.807, 2.05) is 0 Å². The topological polar surface area (TPSA) is 233 Å². The molecule has 2 fully saturated rings. The average molecular weight is 991 g/mol. The minimum absolute atomic E-state index is 0. The molecule has 4 amide bonds. The van der Waals surface area contributed by atoms with E-state index < -0.39 is 17.5 Å². The molecular weight excluding hydrogens is 932 g/mol. The normalized spacial score (nSPS) is 17.8. The van der Waals surface area contributed by atoms with E-state index >= 15 is 0 Å². The first-order chi connectivity index (χ1) is 33.3. The zero-order chi connectivity index (χ0) is 49.0. The molecule has 4 N–H and O–H groups in total. The summed E-state index contributed by atoms with van der Waals surface area (Å²) in [4.78, 5) is 79.4. The number of amides is 4. The van der Waals surface area contributed by atoms with Crippen molar-refractivity contribution in [2.75, 3.05) is 46.9 Å². The zero-order valence-corrected chi connectivity index (χ0v) is 40.5. The first-order valence-electron chi connectivity index (χ1n) is 22.9. The van der Waals surface area contributed by atoms with Crippen LogP contribution in [-0.2, 0) is 32.4 Å². The number of ether oxygens (including phenoxy) is 2. The molecule has 19 nitrogen and oxygen atoms in total. The summed E-state index contributed by atoms with van der Waals surface area (Å²) in [5, 5.41) is 20.0. The minimum atomic E-state index is -0.475. The maximum atomic E-state index is 13.6. The number of nitrogens with zero attached hydrogens (tertiary/aromatic N) is 7. The quantitative estimate of drug-likeness (QED) is 0.136. The van der Waals surface area contributed by atoms with Crippen LogP contribution in [0.5, 0.6) is 11.5 Å². The third-order valence-corrected chi connectivity index (χ3v) is 12.3. The van der Waals surface area contributed by atoms with Crippen LogP contribution in [0.4, 0.5) is 8.78 Å². The van der Waals surface area contributed by atoms with Gasteiger partial charge in [-0.05, 0) is 100 Å². The van der Waals surface area contributed by atoms with Gasteiger partial charge in [-0.1, -0.05) is 22.4 Å². The van der Waals surface area contributed by atoms with E-state index in [2.05, 4.69) is 51.5 Å². The summed E-state index contributed by atoms with van der Waals surface area (Å²) in [6, 6.07) is 12.1. The van der Waals surface area contributed by atoms with Crippen LogP contribution in [0.3, 0.4) is 0 Å². The van der Waals surface area contributed by atoms with Crippen LogP contribution in [-0.4, -0.2) is 119 Å². The van der Waals surface area contributed by atoms with Gasteiger partial charge in [0.05, 0.1) is 32.2 Å². The Morgan fingerprint density at radius 1 is 0.686 bits per heavy atom. The summed E-state index contributed by atoms with van der Waals surface area (Å²) >= 11 is 0. The number of oxime groups is 2. The maximum Gasteiger partial charge on any atom is 0.270 e. The lowest BCUT2D eigenvalue weighted by molar-refractivity contribution is -0.134. The van der Waals surface area contributed by atoms with E-state index in [0.717, 1.165) is 50.0 Å². The van der Waals surface area contributed by atoms with E-state index in [1.54, 1.807) is 49.1 Å². The van der Waals surface area contributed by atoms with Gasteiger partial charge in [0.25, 0.3) is 11.8 Å². The van der Waals surface area contributed by atoms with Crippen LogP contribution in [0.2, 0.25) is 0 Å². The van der Waals surface area contributed by atoms with Crippen LogP contribution >= 0.6 is 12.4 Å². The molecule has 6 heterocycles. The fourth-order valence-electron chi connectivity index (χ4n) is 8.49. The second kappa shape index (κ2) is 24.6. The number of carbonyl (C=O) groups is 4. The second-order valence-electron chi connectivity index (χ2n) is 17.2. The van der Waals surface area contributed by atoms with Gasteiger partial charge in [-0.25, -0.2) is 28.7 Å². The SMILES string of the molecule is COc1cc(CNC(=O)c2cc(C3=NOC(C4CCN(C(=O)CNC(C)=O)CC4)C3)nc(C)n2)ccc1F.COc1cc(CNC(=O)c2cc(C3=NOC(C4CCNCC4)C3)nc(C)n2)ccc1F.Cl. The van der Waals surface area contributed by atoms with Crippen LogP contribution < -0.4 is 30.7 Å². The number of methoxy groups -OCH3 is 2. The lowest BCUT2D eigenvalue weighted by Gasteiger charge is -2.33. The summed E-state index contributed by atoms with van der Waals surface area (Å²) in [5.74, 6) is -0.143. The van der Waals surface area contributed by atoms with Crippen molar-refractivity contribution in [1.29, 1.82) is 0 Å². The van der Waals surface area contributed by atoms with Crippen molar-refractivity contribution in [2.24, 2.45) is 22.1 Å². The first-order valence-corrected chi connectivity index (χ1v) is 22.9. The van der Waals surface area contributed by atoms with Gasteiger partial charge in [-0.2, -0.15) is 0 Å². The number of carbonyl (C=O) groups excluding carboxylic acids is 4. The first kappa shape index (κ1) is 52.5. The largest absolute Gasteiger partial charge is 0.494 e. The number of aryl methyl sites for hydroxylation is 2. The Balaban J connectivity index is 0.000000231. The molecular formula is C48H58ClF2N11O8. The van der Waals surface area contributed by atoms with Gasteiger partial charge in [0, 0.05) is 57.8 Å². The minimum Gasteiger partial charge on any atom is -0.494 e. The Bertz CT molecular complexity index is 2590. The Labute approximate surface area is 410 Å². The van der Waals surface area contributed by atoms with Crippen LogP contribution in [0, 0.1) is 37.3 Å². The summed E-state index contributed by atoms with van der Waals surface area (Å²) in [5.41, 5.74) is 4.36. The highest BCUT2D eigenvalue weighted by atomic mass is 35.5. The molecule has 0 saturated carbocycles. The Hall–Kier alpha value is -6.87. The third kappa shape index (κ3) is 13.9. The van der Waals surface area contributed by atoms with Crippen molar-refractivity contribution in [1.82, 2.24) is 46.1 Å². The maximum absolute atomic E-state index is 13.6. The van der Waals surface area contributed by atoms with Gasteiger partial charge in [0.2, 0.25) is 11.8 Å². The summed E-state index contributed by atoms with van der Waals surface area (Å²) in [7, 11) is 2.78. The number of benzene rings is 2. The number of nitrogens with one attached hydrogen (secondary N) is 4. The van der Waals surface area contributed by atoms with E-state index in [1.165, 1.54) is 39.3 Å². The van der Waals surface area contributed by atoms with Gasteiger partial charge >= 0.3 is 0 Å². The molecule has 0 bridgehead atoms. The van der Waals surface area contributed by atoms with E-state index in [9.17, 15) is 28.0 Å². The molecule has 4 aromatic rings. The smallest absolute Gasteiger partial charge is 0.270 e. The molecule has 8 rings (SSSR count). The highest BCUT2D eigenvalue weighted by Gasteiger charge is 2.35. The molecule has 2 atom stereocenters. The van der Waals surface area contributed by atoms with Gasteiger partial charge < -0.3 is 45.3 Å². The molecule has 2 aromatic heterocycles. The molecule has 4 aliphatic heterocycles. The Morgan fingerprint density at radius 2 is 1.14 bits per heavy atom. The molecule has 0 aliphatic carbocycles. The fraction of sp³-hybridized carbons (Fsp3) is 0.458. The molecule has 70 heavy (non-hydrogen) atoms. The lowest BCUT2D eigenvalue weighted by atomic mass is 9.88. The van der Waals surface area contributed by atoms with Crippen LogP contribution in [0.25, 0.3) is 0 Å². The number of hydrogen-bond acceptors (Lipinski definition) is 15. The number of halogens is 3. The molecule has 2 aromatic carbocycles. The number of hydrogen-bond donors (Lipinski definition) is 4. The van der Waals surface area contributed by atoms with Crippen molar-refractivity contribution in [3.05, 3.63) is 106 Å². The number of likely N-dealkylation sites (tertiary alicyclic amines) is 1. The monoisotopic (exact) mass is 989 g/mol. The molecule has 22 heteroatoms. The van der Waals surface area contributed by atoms with Crippen LogP contribution in [0.1, 0.15) is 101 Å². The molecule has 0 radical (unpaired) electrons. The number of rotatable bonds is 14. The molecule has 2 unspecified atom stereocenters. The fourth-order valence-corrected chi connectivity index (χ4v) is 8.49. The lowest BCUT2D eigenvalue weighted by Crippen LogP contribution is -2.45. The predicted molar refractivity (Wildman–Crippen MR) is 255 cm³/mol. The van der Waals surface area contributed by atoms with Gasteiger partial charge in [0.15, 0.2) is 23.1 Å². The number of piperidine rings is 2. The molecule has 2 saturated heterocycles. The third-order valence-electron chi connectivity index (χ3n) is 12.3. The van der Waals surface area contributed by atoms with Crippen molar-refractivity contribution < 1.29 is 47.1 Å². The standard InChI is InChI=1S/C26H31FN6O5.C22H26FN5O3.ClH/c1-15-30-20(11-22(31-15)26(36)29-13-17-4-5-19(27)24(10-17)37-3)21-12-23(38-32-21)18-6-8-33(9-7-18)25(35)14-28-16(2)34;1-13-26-17(18-11-20(31-28-18)15-5-7-24-8-6-15)10-19(27-13)22(29)25-12-14-3-4-16(23)21(9-14)30-2;/h4-5,10-11,18,23H,6-9,12-14H2,1-3H3,(H,28,34)(H,29,36);3-4,9-10,15,20,24H,5-8,11-12H2,1-2H3,(H,25,29);1H. The van der Waals surface area contributed by atoms with E-state index in [0.29, 0.717) is 66.2 Å². The van der Waals surface area contributed by atoms with Gasteiger partial charge in [-0.15, -0.1) is 12.4 Å². The molecule has 374 valence electrons. The van der Waals surface area contributed by atoms with Crippen molar-refractivity contribution in [3.8, 4) is 11.5 Å². The van der Waals surface area contributed by atoms with Crippen molar-refractivity contribution in [2.45, 2.75) is 84.6 Å². The molecule has 4 aliphatic rings. The average Bonchev–Trinajstić information content (AvgIpc) is 4.07. The second-order valence-corrected chi connectivity index (χ2v) is 17.2. The zero-order valence-electron chi connectivity index (χ0n) is 39.7. The predicted octanol–water partition coefficient (Wildman–Crippen LogP) is 4.51. The summed E-state index contributed by atoms with van der Waals surface area (Å²) < 4.78 is 37.2. The van der Waals surface area contributed by atoms with Crippen molar-refractivity contribution in [3.63, 3.8) is 0 Å². The highest BCUT2D eigenvalue weighted by molar-refractivity contribution is 6.02. The summed E-state index contributed by atoms with van der Waals surface area (Å²) in [6.45, 7) is 8.40. The molecule has 0 spiro atoms. The van der Waals surface area contributed by atoms with E-state index in [-0.39, 0.29) is 90.8 Å². The Kier molecular flexibility index (Phi) is 18.5. The van der Waals surface area contributed by atoms with Crippen LogP contribution in [0.15, 0.2) is 58.8 Å². The van der Waals surface area contributed by atoms with E-state index in [4.69, 9.17) is 19.1 Å². The van der Waals surface area contributed by atoms with Gasteiger partial charge in [-0.3, -0.25) is 19.2 Å². The summed E-state index contributed by atoms with van der Waals surface area (Å²) in [6.07, 6.45) is 4.80. The highest BCUT2D eigenvalue weighted by Crippen LogP contribution is 2.30.